The van der Waals surface area contributed by atoms with Crippen LogP contribution in [0.3, 0.4) is 0 Å². The molecule has 3 nitrogen and oxygen atoms in total. The molecule has 0 unspecified atom stereocenters. The first kappa shape index (κ1) is 11.8. The zero-order valence-electron chi connectivity index (χ0n) is 10.9. The Bertz CT molecular complexity index is 552. The molecule has 3 rings (SSSR count). The number of nitrogens with two attached hydrogens (primary N) is 1. The monoisotopic (exact) mass is 243 g/mol. The predicted molar refractivity (Wildman–Crippen MR) is 75.6 cm³/mol. The van der Waals surface area contributed by atoms with Gasteiger partial charge in [0.25, 0.3) is 0 Å². The summed E-state index contributed by atoms with van der Waals surface area (Å²) in [5.41, 5.74) is 8.89. The molecule has 18 heavy (non-hydrogen) atoms. The third-order valence-electron chi connectivity index (χ3n) is 3.92. The molecule has 0 bridgehead atoms. The van der Waals surface area contributed by atoms with Crippen molar-refractivity contribution in [3.05, 3.63) is 36.0 Å². The molecule has 1 aliphatic rings. The molecular weight excluding hydrogens is 222 g/mol. The minimum absolute atomic E-state index is 0.110. The number of hydrogen-bond donors (Lipinski definition) is 2. The molecule has 3 heteroatoms. The highest BCUT2D eigenvalue weighted by atomic mass is 15.0. The van der Waals surface area contributed by atoms with Crippen molar-refractivity contribution >= 4 is 10.9 Å². The molecule has 0 saturated heterocycles. The molecule has 0 radical (unpaired) electrons. The Morgan fingerprint density at radius 2 is 2.11 bits per heavy atom. The van der Waals surface area contributed by atoms with E-state index in [2.05, 4.69) is 47.4 Å². The molecule has 1 aliphatic carbocycles. The van der Waals surface area contributed by atoms with Crippen molar-refractivity contribution in [2.45, 2.75) is 24.8 Å². The topological polar surface area (TPSA) is 43.0 Å². The first-order chi connectivity index (χ1) is 8.68. The van der Waals surface area contributed by atoms with Crippen LogP contribution in [0.25, 0.3) is 10.9 Å². The highest BCUT2D eigenvalue weighted by Crippen LogP contribution is 2.30. The van der Waals surface area contributed by atoms with Crippen molar-refractivity contribution in [2.75, 3.05) is 13.1 Å². The maximum atomic E-state index is 6.05. The van der Waals surface area contributed by atoms with E-state index in [1.807, 2.05) is 0 Å². The van der Waals surface area contributed by atoms with E-state index >= 15 is 0 Å². The predicted octanol–water partition coefficient (Wildman–Crippen LogP) is 1.80. The van der Waals surface area contributed by atoms with E-state index in [0.717, 1.165) is 19.5 Å². The molecule has 1 aromatic carbocycles. The van der Waals surface area contributed by atoms with Gasteiger partial charge in [-0.25, -0.2) is 0 Å². The average Bonchev–Trinajstić information content (AvgIpc) is 3.02. The van der Waals surface area contributed by atoms with Crippen LogP contribution < -0.4 is 11.1 Å². The summed E-state index contributed by atoms with van der Waals surface area (Å²) in [7, 11) is 2.11. The molecule has 0 atom stereocenters. The van der Waals surface area contributed by atoms with Crippen molar-refractivity contribution in [1.82, 2.24) is 9.88 Å². The van der Waals surface area contributed by atoms with Crippen LogP contribution >= 0.6 is 0 Å². The fourth-order valence-corrected chi connectivity index (χ4v) is 2.52. The fraction of sp³-hybridized carbons (Fsp3) is 0.467. The molecule has 1 fully saturated rings. The standard InChI is InChI=1S/C15H21N3/c1-18-10-12(13-4-2-3-5-14(13)18)6-9-17-11-15(16)7-8-15/h2-5,10,17H,6-9,11,16H2,1H3. The number of aryl methyl sites for hydroxylation is 1. The van der Waals surface area contributed by atoms with Gasteiger partial charge in [0.05, 0.1) is 0 Å². The normalized spacial score (nSPS) is 17.2. The van der Waals surface area contributed by atoms with Gasteiger partial charge in [0.2, 0.25) is 0 Å². The largest absolute Gasteiger partial charge is 0.350 e. The van der Waals surface area contributed by atoms with Crippen LogP contribution in [0, 0.1) is 0 Å². The summed E-state index contributed by atoms with van der Waals surface area (Å²) in [4.78, 5) is 0. The molecule has 0 aliphatic heterocycles. The van der Waals surface area contributed by atoms with Crippen LogP contribution in [0.5, 0.6) is 0 Å². The summed E-state index contributed by atoms with van der Waals surface area (Å²) < 4.78 is 2.20. The lowest BCUT2D eigenvalue weighted by Crippen LogP contribution is -2.36. The van der Waals surface area contributed by atoms with E-state index < -0.39 is 0 Å². The van der Waals surface area contributed by atoms with Gasteiger partial charge < -0.3 is 15.6 Å². The van der Waals surface area contributed by atoms with Gasteiger partial charge >= 0.3 is 0 Å². The molecule has 1 aromatic heterocycles. The zero-order chi connectivity index (χ0) is 12.6. The van der Waals surface area contributed by atoms with Crippen molar-refractivity contribution in [2.24, 2.45) is 12.8 Å². The van der Waals surface area contributed by atoms with Crippen LogP contribution in [0.1, 0.15) is 18.4 Å². The first-order valence-corrected chi connectivity index (χ1v) is 6.71. The summed E-state index contributed by atoms with van der Waals surface area (Å²) in [5.74, 6) is 0. The average molecular weight is 243 g/mol. The van der Waals surface area contributed by atoms with Gasteiger partial charge in [-0.15, -0.1) is 0 Å². The molecule has 0 amide bonds. The molecule has 0 spiro atoms. The zero-order valence-corrected chi connectivity index (χ0v) is 10.9. The highest BCUT2D eigenvalue weighted by molar-refractivity contribution is 5.83. The van der Waals surface area contributed by atoms with Crippen LogP contribution in [0.2, 0.25) is 0 Å². The number of rotatable bonds is 5. The number of benzene rings is 1. The molecule has 3 N–H and O–H groups in total. The van der Waals surface area contributed by atoms with Crippen molar-refractivity contribution in [1.29, 1.82) is 0 Å². The Kier molecular flexibility index (Phi) is 2.88. The fourth-order valence-electron chi connectivity index (χ4n) is 2.52. The quantitative estimate of drug-likeness (QED) is 0.786. The Balaban J connectivity index is 1.63. The summed E-state index contributed by atoms with van der Waals surface area (Å²) >= 11 is 0. The van der Waals surface area contributed by atoms with E-state index in [1.165, 1.54) is 29.3 Å². The molecular formula is C15H21N3. The highest BCUT2D eigenvalue weighted by Gasteiger charge is 2.37. The number of para-hydroxylation sites is 1. The number of nitrogens with zero attached hydrogens (tertiary/aromatic N) is 1. The van der Waals surface area contributed by atoms with Gasteiger partial charge in [-0.1, -0.05) is 18.2 Å². The lowest BCUT2D eigenvalue weighted by atomic mass is 10.1. The second-order valence-corrected chi connectivity index (χ2v) is 5.57. The van der Waals surface area contributed by atoms with Gasteiger partial charge in [-0.2, -0.15) is 0 Å². The van der Waals surface area contributed by atoms with E-state index in [-0.39, 0.29) is 5.54 Å². The van der Waals surface area contributed by atoms with E-state index in [9.17, 15) is 0 Å². The number of nitrogens with one attached hydrogen (secondary N) is 1. The first-order valence-electron chi connectivity index (χ1n) is 6.71. The second kappa shape index (κ2) is 4.41. The van der Waals surface area contributed by atoms with Crippen LogP contribution in [-0.4, -0.2) is 23.2 Å². The van der Waals surface area contributed by atoms with Crippen LogP contribution in [-0.2, 0) is 13.5 Å². The number of fused-ring (bicyclic) bond motifs is 1. The Morgan fingerprint density at radius 1 is 1.33 bits per heavy atom. The lowest BCUT2D eigenvalue weighted by Gasteiger charge is -2.09. The van der Waals surface area contributed by atoms with Crippen LogP contribution in [0.15, 0.2) is 30.5 Å². The van der Waals surface area contributed by atoms with E-state index in [1.54, 1.807) is 0 Å². The number of hydrogen-bond acceptors (Lipinski definition) is 2. The summed E-state index contributed by atoms with van der Waals surface area (Å²) in [5, 5.41) is 4.85. The molecule has 1 heterocycles. The summed E-state index contributed by atoms with van der Waals surface area (Å²) in [6.45, 7) is 1.96. The van der Waals surface area contributed by atoms with Crippen molar-refractivity contribution in [3.8, 4) is 0 Å². The second-order valence-electron chi connectivity index (χ2n) is 5.57. The van der Waals surface area contributed by atoms with Crippen molar-refractivity contribution in [3.63, 3.8) is 0 Å². The van der Waals surface area contributed by atoms with Gasteiger partial charge in [0.15, 0.2) is 0 Å². The lowest BCUT2D eigenvalue weighted by molar-refractivity contribution is 0.571. The molecule has 96 valence electrons. The SMILES string of the molecule is Cn1cc(CCNCC2(N)CC2)c2ccccc21. The molecule has 2 aromatic rings. The minimum Gasteiger partial charge on any atom is -0.350 e. The summed E-state index contributed by atoms with van der Waals surface area (Å²) in [6, 6.07) is 8.58. The Morgan fingerprint density at radius 3 is 2.89 bits per heavy atom. The van der Waals surface area contributed by atoms with Gasteiger partial charge in [-0.3, -0.25) is 0 Å². The van der Waals surface area contributed by atoms with E-state index in [0.29, 0.717) is 0 Å². The maximum Gasteiger partial charge on any atom is 0.0480 e. The maximum absolute atomic E-state index is 6.05. The summed E-state index contributed by atoms with van der Waals surface area (Å²) in [6.07, 6.45) is 5.65. The third-order valence-corrected chi connectivity index (χ3v) is 3.92. The third kappa shape index (κ3) is 2.28. The van der Waals surface area contributed by atoms with Gasteiger partial charge in [0.1, 0.15) is 0 Å². The smallest absolute Gasteiger partial charge is 0.0480 e. The number of aromatic nitrogens is 1. The van der Waals surface area contributed by atoms with Gasteiger partial charge in [0, 0.05) is 36.2 Å². The Hall–Kier alpha value is -1.32. The van der Waals surface area contributed by atoms with Gasteiger partial charge in [-0.05, 0) is 37.4 Å². The minimum atomic E-state index is 0.110. The van der Waals surface area contributed by atoms with E-state index in [4.69, 9.17) is 5.73 Å². The van der Waals surface area contributed by atoms with Crippen LogP contribution in [0.4, 0.5) is 0 Å². The van der Waals surface area contributed by atoms with Crippen molar-refractivity contribution < 1.29 is 0 Å². The molecule has 1 saturated carbocycles. The Labute approximate surface area is 108 Å².